The van der Waals surface area contributed by atoms with E-state index in [0.717, 1.165) is 45.2 Å². The van der Waals surface area contributed by atoms with Crippen LogP contribution in [0.2, 0.25) is 0 Å². The molecule has 23 heavy (non-hydrogen) atoms. The second-order valence-corrected chi connectivity index (χ2v) is 6.28. The Kier molecular flexibility index (Phi) is 4.39. The molecular weight excluding hydrogens is 310 g/mol. The molecule has 2 aromatic rings. The molecule has 5 heteroatoms. The average molecular weight is 327 g/mol. The fraction of sp³-hybridized carbons (Fsp3) is 0.222. The number of benzene rings is 2. The lowest BCUT2D eigenvalue weighted by Gasteiger charge is -2.12. The van der Waals surface area contributed by atoms with E-state index >= 15 is 0 Å². The molecule has 3 rings (SSSR count). The standard InChI is InChI=1S/C18H17NO3S/c1-3-10-22-15-9-8-12-6-4-5-7-13(12)14(15)11-16-17(20)19(2)18(21)23-16/h4-9,11H,3,10H2,1-2H3/b16-11-. The van der Waals surface area contributed by atoms with Crippen molar-refractivity contribution in [2.45, 2.75) is 13.3 Å². The second kappa shape index (κ2) is 6.46. The first-order chi connectivity index (χ1) is 11.1. The van der Waals surface area contributed by atoms with E-state index in [4.69, 9.17) is 4.74 Å². The topological polar surface area (TPSA) is 46.6 Å². The molecule has 2 amide bonds. The van der Waals surface area contributed by atoms with E-state index in [0.29, 0.717) is 11.5 Å². The first kappa shape index (κ1) is 15.6. The summed E-state index contributed by atoms with van der Waals surface area (Å²) >= 11 is 0.961. The Morgan fingerprint density at radius 3 is 2.65 bits per heavy atom. The van der Waals surface area contributed by atoms with Crippen LogP contribution in [0.15, 0.2) is 41.3 Å². The van der Waals surface area contributed by atoms with Crippen LogP contribution >= 0.6 is 11.8 Å². The summed E-state index contributed by atoms with van der Waals surface area (Å²) < 4.78 is 5.83. The molecule has 1 aliphatic rings. The summed E-state index contributed by atoms with van der Waals surface area (Å²) in [6.45, 7) is 2.65. The summed E-state index contributed by atoms with van der Waals surface area (Å²) in [4.78, 5) is 25.4. The minimum Gasteiger partial charge on any atom is -0.493 e. The lowest BCUT2D eigenvalue weighted by molar-refractivity contribution is -0.121. The zero-order chi connectivity index (χ0) is 16.4. The van der Waals surface area contributed by atoms with Crippen molar-refractivity contribution in [3.63, 3.8) is 0 Å². The largest absolute Gasteiger partial charge is 0.493 e. The van der Waals surface area contributed by atoms with E-state index in [9.17, 15) is 9.59 Å². The van der Waals surface area contributed by atoms with E-state index in [1.54, 1.807) is 6.08 Å². The van der Waals surface area contributed by atoms with E-state index in [1.807, 2.05) is 43.3 Å². The summed E-state index contributed by atoms with van der Waals surface area (Å²) in [6, 6.07) is 11.9. The molecule has 2 aromatic carbocycles. The van der Waals surface area contributed by atoms with Crippen LogP contribution in [0.5, 0.6) is 5.75 Å². The van der Waals surface area contributed by atoms with Gasteiger partial charge in [0.1, 0.15) is 5.75 Å². The van der Waals surface area contributed by atoms with Gasteiger partial charge >= 0.3 is 0 Å². The van der Waals surface area contributed by atoms with Crippen LogP contribution in [0.1, 0.15) is 18.9 Å². The molecule has 0 atom stereocenters. The second-order valence-electron chi connectivity index (χ2n) is 5.29. The van der Waals surface area contributed by atoms with Crippen molar-refractivity contribution in [2.24, 2.45) is 0 Å². The number of hydrogen-bond donors (Lipinski definition) is 0. The number of likely N-dealkylation sites (N-methyl/N-ethyl adjacent to an activating group) is 1. The summed E-state index contributed by atoms with van der Waals surface area (Å²) in [5, 5.41) is 1.82. The van der Waals surface area contributed by atoms with Crippen LogP contribution in [-0.2, 0) is 4.79 Å². The normalized spacial score (nSPS) is 16.6. The Bertz CT molecular complexity index is 813. The third kappa shape index (κ3) is 2.97. The molecule has 0 bridgehead atoms. The average Bonchev–Trinajstić information content (AvgIpc) is 2.81. The number of imide groups is 1. The summed E-state index contributed by atoms with van der Waals surface area (Å²) in [6.07, 6.45) is 2.67. The Morgan fingerprint density at radius 2 is 1.96 bits per heavy atom. The highest BCUT2D eigenvalue weighted by atomic mass is 32.2. The highest BCUT2D eigenvalue weighted by Gasteiger charge is 2.32. The number of nitrogens with zero attached hydrogens (tertiary/aromatic N) is 1. The molecular formula is C18H17NO3S. The van der Waals surface area contributed by atoms with Crippen molar-refractivity contribution in [3.05, 3.63) is 46.9 Å². The van der Waals surface area contributed by atoms with Crippen molar-refractivity contribution >= 4 is 39.8 Å². The number of carbonyl (C=O) groups excluding carboxylic acids is 2. The fourth-order valence-electron chi connectivity index (χ4n) is 2.44. The van der Waals surface area contributed by atoms with Gasteiger partial charge in [-0.3, -0.25) is 14.5 Å². The van der Waals surface area contributed by atoms with Gasteiger partial charge < -0.3 is 4.74 Å². The van der Waals surface area contributed by atoms with Crippen molar-refractivity contribution < 1.29 is 14.3 Å². The van der Waals surface area contributed by atoms with Gasteiger partial charge in [0.05, 0.1) is 11.5 Å². The van der Waals surface area contributed by atoms with Gasteiger partial charge in [0.15, 0.2) is 0 Å². The molecule has 1 aliphatic heterocycles. The quantitative estimate of drug-likeness (QED) is 0.786. The molecule has 0 radical (unpaired) electrons. The van der Waals surface area contributed by atoms with Crippen LogP contribution < -0.4 is 4.74 Å². The summed E-state index contributed by atoms with van der Waals surface area (Å²) in [5.74, 6) is 0.461. The fourth-order valence-corrected chi connectivity index (χ4v) is 3.25. The van der Waals surface area contributed by atoms with Crippen LogP contribution in [0.3, 0.4) is 0 Å². The molecule has 0 unspecified atom stereocenters. The maximum absolute atomic E-state index is 12.2. The Hall–Kier alpha value is -2.27. The molecule has 1 fully saturated rings. The van der Waals surface area contributed by atoms with Gasteiger partial charge in [-0.2, -0.15) is 0 Å². The lowest BCUT2D eigenvalue weighted by Crippen LogP contribution is -2.22. The molecule has 0 saturated carbocycles. The molecule has 0 aromatic heterocycles. The minimum atomic E-state index is -0.269. The highest BCUT2D eigenvalue weighted by molar-refractivity contribution is 8.18. The third-order valence-corrected chi connectivity index (χ3v) is 4.62. The van der Waals surface area contributed by atoms with E-state index < -0.39 is 0 Å². The number of amides is 2. The van der Waals surface area contributed by atoms with Crippen molar-refractivity contribution in [2.75, 3.05) is 13.7 Å². The Labute approximate surface area is 139 Å². The van der Waals surface area contributed by atoms with Gasteiger partial charge in [0.25, 0.3) is 11.1 Å². The first-order valence-corrected chi connectivity index (χ1v) is 8.29. The van der Waals surface area contributed by atoms with Gasteiger partial charge in [-0.1, -0.05) is 37.3 Å². The number of ether oxygens (including phenoxy) is 1. The summed E-state index contributed by atoms with van der Waals surface area (Å²) in [5.41, 5.74) is 0.843. The first-order valence-electron chi connectivity index (χ1n) is 7.48. The number of fused-ring (bicyclic) bond motifs is 1. The van der Waals surface area contributed by atoms with Crippen LogP contribution in [0.25, 0.3) is 16.8 Å². The van der Waals surface area contributed by atoms with E-state index in [1.165, 1.54) is 7.05 Å². The third-order valence-electron chi connectivity index (χ3n) is 3.65. The number of rotatable bonds is 4. The minimum absolute atomic E-state index is 0.252. The van der Waals surface area contributed by atoms with Crippen molar-refractivity contribution in [1.29, 1.82) is 0 Å². The number of hydrogen-bond acceptors (Lipinski definition) is 4. The number of thioether (sulfide) groups is 1. The van der Waals surface area contributed by atoms with Gasteiger partial charge in [0.2, 0.25) is 0 Å². The van der Waals surface area contributed by atoms with Gasteiger partial charge in [-0.05, 0) is 41.1 Å². The van der Waals surface area contributed by atoms with E-state index in [2.05, 4.69) is 0 Å². The van der Waals surface area contributed by atoms with Gasteiger partial charge in [0, 0.05) is 12.6 Å². The molecule has 0 aliphatic carbocycles. The zero-order valence-corrected chi connectivity index (χ0v) is 13.9. The zero-order valence-electron chi connectivity index (χ0n) is 13.0. The van der Waals surface area contributed by atoms with Crippen molar-refractivity contribution in [1.82, 2.24) is 4.90 Å². The molecule has 0 N–H and O–H groups in total. The predicted molar refractivity (Wildman–Crippen MR) is 93.5 cm³/mol. The SMILES string of the molecule is CCCOc1ccc2ccccc2c1/C=C1\SC(=O)N(C)C1=O. The molecule has 118 valence electrons. The molecule has 1 heterocycles. The highest BCUT2D eigenvalue weighted by Crippen LogP contribution is 2.36. The maximum Gasteiger partial charge on any atom is 0.293 e. The molecule has 0 spiro atoms. The monoisotopic (exact) mass is 327 g/mol. The number of carbonyl (C=O) groups is 2. The van der Waals surface area contributed by atoms with E-state index in [-0.39, 0.29) is 11.1 Å². The van der Waals surface area contributed by atoms with Crippen molar-refractivity contribution in [3.8, 4) is 5.75 Å². The lowest BCUT2D eigenvalue weighted by atomic mass is 10.0. The van der Waals surface area contributed by atoms with Gasteiger partial charge in [-0.15, -0.1) is 0 Å². The van der Waals surface area contributed by atoms with Gasteiger partial charge in [-0.25, -0.2) is 0 Å². The maximum atomic E-state index is 12.2. The predicted octanol–water partition coefficient (Wildman–Crippen LogP) is 4.29. The van der Waals surface area contributed by atoms with Crippen LogP contribution in [-0.4, -0.2) is 29.7 Å². The smallest absolute Gasteiger partial charge is 0.293 e. The Morgan fingerprint density at radius 1 is 1.17 bits per heavy atom. The molecule has 1 saturated heterocycles. The van der Waals surface area contributed by atoms with Crippen LogP contribution in [0.4, 0.5) is 4.79 Å². The molecule has 4 nitrogen and oxygen atoms in total. The van der Waals surface area contributed by atoms with Crippen LogP contribution in [0, 0.1) is 0 Å². The summed E-state index contributed by atoms with van der Waals surface area (Å²) in [7, 11) is 1.50. The Balaban J connectivity index is 2.14.